The van der Waals surface area contributed by atoms with E-state index in [0.717, 1.165) is 24.4 Å². The number of fused-ring (bicyclic) bond motifs is 2. The lowest BCUT2D eigenvalue weighted by Gasteiger charge is -2.40. The van der Waals surface area contributed by atoms with Crippen LogP contribution in [0.15, 0.2) is 42.5 Å². The summed E-state index contributed by atoms with van der Waals surface area (Å²) >= 11 is 6.28. The molecule has 200 valence electrons. The molecule has 4 N–H and O–H groups in total. The Labute approximate surface area is 224 Å². The van der Waals surface area contributed by atoms with Crippen molar-refractivity contribution >= 4 is 47.0 Å². The smallest absolute Gasteiger partial charge is 0.422 e. The van der Waals surface area contributed by atoms with Gasteiger partial charge >= 0.3 is 12.2 Å². The van der Waals surface area contributed by atoms with Crippen LogP contribution < -0.4 is 20.9 Å². The number of halogens is 1. The highest BCUT2D eigenvalue weighted by atomic mass is 35.5. The second-order valence-electron chi connectivity index (χ2n) is 9.64. The topological polar surface area (TPSA) is 140 Å². The van der Waals surface area contributed by atoms with Crippen molar-refractivity contribution in [1.29, 1.82) is 0 Å². The summed E-state index contributed by atoms with van der Waals surface area (Å²) < 4.78 is 5.86. The van der Waals surface area contributed by atoms with Crippen LogP contribution in [0.5, 0.6) is 0 Å². The Morgan fingerprint density at radius 2 is 1.92 bits per heavy atom. The van der Waals surface area contributed by atoms with Crippen molar-refractivity contribution in [3.63, 3.8) is 0 Å². The van der Waals surface area contributed by atoms with Crippen molar-refractivity contribution in [2.75, 3.05) is 42.9 Å². The van der Waals surface area contributed by atoms with Gasteiger partial charge in [-0.15, -0.1) is 0 Å². The second-order valence-corrected chi connectivity index (χ2v) is 10.1. The summed E-state index contributed by atoms with van der Waals surface area (Å²) in [6.07, 6.45) is -0.0898. The molecule has 2 saturated heterocycles. The maximum Gasteiger partial charge on any atom is 0.422 e. The van der Waals surface area contributed by atoms with Crippen LogP contribution in [0.25, 0.3) is 0 Å². The lowest BCUT2D eigenvalue weighted by molar-refractivity contribution is -0.121. The normalized spacial score (nSPS) is 21.3. The number of nitrogens with one attached hydrogen (secondary N) is 3. The maximum absolute atomic E-state index is 13.9. The average molecular weight is 542 g/mol. The van der Waals surface area contributed by atoms with E-state index in [1.54, 1.807) is 18.2 Å². The van der Waals surface area contributed by atoms with Gasteiger partial charge in [-0.1, -0.05) is 11.6 Å². The molecule has 11 nitrogen and oxygen atoms in total. The first kappa shape index (κ1) is 26.0. The van der Waals surface area contributed by atoms with E-state index in [9.17, 15) is 19.2 Å². The highest BCUT2D eigenvalue weighted by Crippen LogP contribution is 2.44. The number of ether oxygens (including phenoxy) is 1. The molecule has 4 amide bonds. The van der Waals surface area contributed by atoms with E-state index in [1.807, 2.05) is 0 Å². The Balaban J connectivity index is 1.41. The molecule has 2 aromatic carbocycles. The summed E-state index contributed by atoms with van der Waals surface area (Å²) in [5, 5.41) is 17.5. The predicted octanol–water partition coefficient (Wildman–Crippen LogP) is 3.00. The first-order chi connectivity index (χ1) is 18.3. The zero-order valence-corrected chi connectivity index (χ0v) is 21.3. The summed E-state index contributed by atoms with van der Waals surface area (Å²) in [7, 11) is 0. The van der Waals surface area contributed by atoms with Gasteiger partial charge in [0.15, 0.2) is 5.60 Å². The number of amides is 4. The number of carboxylic acid groups (broad SMARTS) is 1. The lowest BCUT2D eigenvalue weighted by Crippen LogP contribution is -2.56. The zero-order valence-electron chi connectivity index (χ0n) is 20.5. The minimum Gasteiger partial charge on any atom is -0.465 e. The van der Waals surface area contributed by atoms with Crippen LogP contribution in [-0.2, 0) is 15.1 Å². The minimum absolute atomic E-state index is 0.243. The third-order valence-corrected chi connectivity index (χ3v) is 7.41. The number of carbonyl (C=O) groups is 4. The minimum atomic E-state index is -1.22. The fraction of sp³-hybridized carbons (Fsp3) is 0.385. The monoisotopic (exact) mass is 541 g/mol. The molecule has 3 aliphatic rings. The Morgan fingerprint density at radius 3 is 2.55 bits per heavy atom. The summed E-state index contributed by atoms with van der Waals surface area (Å²) in [5.41, 5.74) is 0.688. The van der Waals surface area contributed by atoms with E-state index in [2.05, 4.69) is 20.9 Å². The summed E-state index contributed by atoms with van der Waals surface area (Å²) in [5.74, 6) is -1.12. The number of carbonyl (C=O) groups excluding carboxylic acids is 3. The van der Waals surface area contributed by atoms with E-state index in [1.165, 1.54) is 24.3 Å². The van der Waals surface area contributed by atoms with Gasteiger partial charge in [0.25, 0.3) is 11.8 Å². The number of hydrogen-bond donors (Lipinski definition) is 4. The molecule has 12 heteroatoms. The van der Waals surface area contributed by atoms with E-state index in [-0.39, 0.29) is 5.56 Å². The standard InChI is InChI=1S/C26H28ClN5O6/c27-17-4-7-21-19(14-17)26(9-10-28-15-26)38-25(37)32(21)23(34)20(8-13-31-11-1-12-31)30-22(33)16-2-5-18(6-3-16)29-24(35)36/h2-7,14,20,28-29H,1,8-13,15H2,(H,30,33)(H,35,36)/t20-,26-/m0/s1. The summed E-state index contributed by atoms with van der Waals surface area (Å²) in [6, 6.07) is 9.80. The summed E-state index contributed by atoms with van der Waals surface area (Å²) in [6.45, 7) is 3.46. The second kappa shape index (κ2) is 10.6. The highest BCUT2D eigenvalue weighted by Gasteiger charge is 2.49. The predicted molar refractivity (Wildman–Crippen MR) is 140 cm³/mol. The van der Waals surface area contributed by atoms with Crippen molar-refractivity contribution in [1.82, 2.24) is 15.5 Å². The lowest BCUT2D eigenvalue weighted by atomic mass is 9.89. The molecule has 0 bridgehead atoms. The Hall–Kier alpha value is -3.67. The highest BCUT2D eigenvalue weighted by molar-refractivity contribution is 6.31. The van der Waals surface area contributed by atoms with Gasteiger partial charge in [0.05, 0.1) is 5.69 Å². The van der Waals surface area contributed by atoms with Gasteiger partial charge in [-0.05, 0) is 74.9 Å². The Bertz CT molecular complexity index is 1260. The van der Waals surface area contributed by atoms with Crippen molar-refractivity contribution in [3.05, 3.63) is 58.6 Å². The molecule has 0 saturated carbocycles. The number of benzene rings is 2. The van der Waals surface area contributed by atoms with Gasteiger partial charge in [-0.2, -0.15) is 0 Å². The number of likely N-dealkylation sites (tertiary alicyclic amines) is 1. The molecule has 2 atom stereocenters. The fourth-order valence-corrected chi connectivity index (χ4v) is 5.20. The molecular weight excluding hydrogens is 514 g/mol. The van der Waals surface area contributed by atoms with E-state index in [4.69, 9.17) is 21.4 Å². The molecule has 1 spiro atoms. The SMILES string of the molecule is O=C(O)Nc1ccc(C(=O)N[C@@H](CCN2CCC2)C(=O)N2C(=O)O[C@]3(CCNC3)c3cc(Cl)ccc32)cc1. The molecule has 2 fully saturated rings. The van der Waals surface area contributed by atoms with Gasteiger partial charge in [0, 0.05) is 41.3 Å². The average Bonchev–Trinajstić information content (AvgIpc) is 3.31. The molecular formula is C26H28ClN5O6. The van der Waals surface area contributed by atoms with Crippen LogP contribution in [-0.4, -0.2) is 72.8 Å². The molecule has 2 aromatic rings. The van der Waals surface area contributed by atoms with E-state index >= 15 is 0 Å². The van der Waals surface area contributed by atoms with Gasteiger partial charge in [-0.3, -0.25) is 14.9 Å². The number of hydrogen-bond acceptors (Lipinski definition) is 7. The van der Waals surface area contributed by atoms with Crippen LogP contribution in [0, 0.1) is 0 Å². The molecule has 0 aliphatic carbocycles. The number of imide groups is 1. The van der Waals surface area contributed by atoms with Crippen molar-refractivity contribution in [2.45, 2.75) is 30.9 Å². The van der Waals surface area contributed by atoms with Crippen LogP contribution in [0.3, 0.4) is 0 Å². The molecule has 3 aliphatic heterocycles. The Morgan fingerprint density at radius 1 is 1.16 bits per heavy atom. The van der Waals surface area contributed by atoms with Gasteiger partial charge < -0.3 is 25.4 Å². The first-order valence-electron chi connectivity index (χ1n) is 12.5. The zero-order chi connectivity index (χ0) is 26.9. The van der Waals surface area contributed by atoms with Crippen LogP contribution >= 0.6 is 11.6 Å². The van der Waals surface area contributed by atoms with Gasteiger partial charge in [-0.25, -0.2) is 14.5 Å². The molecule has 3 heterocycles. The largest absolute Gasteiger partial charge is 0.465 e. The Kier molecular flexibility index (Phi) is 7.24. The van der Waals surface area contributed by atoms with Crippen molar-refractivity contribution in [2.24, 2.45) is 0 Å². The van der Waals surface area contributed by atoms with E-state index < -0.39 is 35.6 Å². The first-order valence-corrected chi connectivity index (χ1v) is 12.8. The van der Waals surface area contributed by atoms with Crippen LogP contribution in [0.4, 0.5) is 21.0 Å². The quantitative estimate of drug-likeness (QED) is 0.419. The summed E-state index contributed by atoms with van der Waals surface area (Å²) in [4.78, 5) is 54.3. The van der Waals surface area contributed by atoms with E-state index in [0.29, 0.717) is 54.4 Å². The molecule has 38 heavy (non-hydrogen) atoms. The molecule has 0 aromatic heterocycles. The van der Waals surface area contributed by atoms with Crippen molar-refractivity contribution in [3.8, 4) is 0 Å². The van der Waals surface area contributed by atoms with Crippen LogP contribution in [0.1, 0.15) is 35.2 Å². The number of nitrogens with zero attached hydrogens (tertiary/aromatic N) is 2. The van der Waals surface area contributed by atoms with Gasteiger partial charge in [0.2, 0.25) is 0 Å². The van der Waals surface area contributed by atoms with Crippen molar-refractivity contribution < 1.29 is 29.0 Å². The molecule has 0 unspecified atom stereocenters. The maximum atomic E-state index is 13.9. The molecule has 5 rings (SSSR count). The third kappa shape index (κ3) is 5.17. The van der Waals surface area contributed by atoms with Gasteiger partial charge in [0.1, 0.15) is 6.04 Å². The fourth-order valence-electron chi connectivity index (χ4n) is 5.03. The third-order valence-electron chi connectivity index (χ3n) is 7.18. The molecule has 0 radical (unpaired) electrons. The number of anilines is 2. The van der Waals surface area contributed by atoms with Crippen LogP contribution in [0.2, 0.25) is 5.02 Å². The number of rotatable bonds is 7.